The molecule has 1 N–H and O–H groups in total. The number of carboxylic acid groups (broad SMARTS) is 1. The number of benzene rings is 1. The van der Waals surface area contributed by atoms with Gasteiger partial charge in [0, 0.05) is 10.0 Å². The van der Waals surface area contributed by atoms with Gasteiger partial charge < -0.3 is 5.11 Å². The molecule has 0 aromatic heterocycles. The normalized spacial score (nSPS) is 10.5. The highest BCUT2D eigenvalue weighted by atomic mass is 79.9. The Balaban J connectivity index is 2.94. The second kappa shape index (κ2) is 4.84. The van der Waals surface area contributed by atoms with Gasteiger partial charge in [0.25, 0.3) is 5.78 Å². The van der Waals surface area contributed by atoms with Crippen LogP contribution in [0.5, 0.6) is 0 Å². The molecular weight excluding hydrogens is 267 g/mol. The van der Waals surface area contributed by atoms with E-state index in [1.165, 1.54) is 18.2 Å². The third-order valence-corrected chi connectivity index (χ3v) is 2.08. The van der Waals surface area contributed by atoms with Crippen LogP contribution in [-0.4, -0.2) is 16.9 Å². The Bertz CT molecular complexity index is 440. The zero-order valence-electron chi connectivity index (χ0n) is 7.41. The van der Waals surface area contributed by atoms with Crippen LogP contribution in [0.4, 0.5) is 4.39 Å². The molecule has 0 radical (unpaired) electrons. The zero-order valence-corrected chi connectivity index (χ0v) is 8.99. The number of aliphatic carboxylic acids is 1. The van der Waals surface area contributed by atoms with Crippen LogP contribution >= 0.6 is 15.9 Å². The van der Waals surface area contributed by atoms with Gasteiger partial charge in [-0.05, 0) is 30.4 Å². The maximum absolute atomic E-state index is 13.1. The summed E-state index contributed by atoms with van der Waals surface area (Å²) in [5.41, 5.74) is 0.152. The third kappa shape index (κ3) is 3.28. The van der Waals surface area contributed by atoms with Gasteiger partial charge in [0.1, 0.15) is 5.82 Å². The predicted molar refractivity (Wildman–Crippen MR) is 55.8 cm³/mol. The van der Waals surface area contributed by atoms with Crippen molar-refractivity contribution in [3.63, 3.8) is 0 Å². The molecule has 0 saturated heterocycles. The van der Waals surface area contributed by atoms with E-state index >= 15 is 0 Å². The molecule has 0 spiro atoms. The SMILES string of the molecule is O=C(O)C(=O)/C=C/c1cc(Br)ccc1F. The summed E-state index contributed by atoms with van der Waals surface area (Å²) in [6.07, 6.45) is 1.93. The molecule has 1 aromatic rings. The molecule has 1 aromatic carbocycles. The van der Waals surface area contributed by atoms with Crippen molar-refractivity contribution in [1.29, 1.82) is 0 Å². The van der Waals surface area contributed by atoms with Crippen molar-refractivity contribution >= 4 is 33.8 Å². The van der Waals surface area contributed by atoms with Crippen LogP contribution < -0.4 is 0 Å². The largest absolute Gasteiger partial charge is 0.475 e. The summed E-state index contributed by atoms with van der Waals surface area (Å²) in [7, 11) is 0. The first-order valence-electron chi connectivity index (χ1n) is 3.91. The lowest BCUT2D eigenvalue weighted by Crippen LogP contribution is -2.08. The molecule has 78 valence electrons. The first-order chi connectivity index (χ1) is 7.00. The molecule has 0 fully saturated rings. The Morgan fingerprint density at radius 2 is 2.07 bits per heavy atom. The van der Waals surface area contributed by atoms with E-state index in [4.69, 9.17) is 5.11 Å². The van der Waals surface area contributed by atoms with Crippen LogP contribution in [0.15, 0.2) is 28.7 Å². The van der Waals surface area contributed by atoms with E-state index in [1.54, 1.807) is 0 Å². The Hall–Kier alpha value is -1.49. The van der Waals surface area contributed by atoms with Gasteiger partial charge >= 0.3 is 5.97 Å². The summed E-state index contributed by atoms with van der Waals surface area (Å²) in [4.78, 5) is 20.9. The highest BCUT2D eigenvalue weighted by Crippen LogP contribution is 2.16. The topological polar surface area (TPSA) is 54.4 Å². The van der Waals surface area contributed by atoms with E-state index in [0.717, 1.165) is 12.2 Å². The Morgan fingerprint density at radius 3 is 2.67 bits per heavy atom. The molecule has 15 heavy (non-hydrogen) atoms. The third-order valence-electron chi connectivity index (χ3n) is 1.58. The number of hydrogen-bond acceptors (Lipinski definition) is 2. The van der Waals surface area contributed by atoms with Crippen LogP contribution in [0.3, 0.4) is 0 Å². The number of ketones is 1. The average molecular weight is 273 g/mol. The minimum atomic E-state index is -1.57. The highest BCUT2D eigenvalue weighted by Gasteiger charge is 2.06. The van der Waals surface area contributed by atoms with Crippen LogP contribution in [0.25, 0.3) is 6.08 Å². The van der Waals surface area contributed by atoms with Crippen LogP contribution in [0.2, 0.25) is 0 Å². The molecule has 0 aliphatic heterocycles. The molecule has 0 aliphatic rings. The second-order valence-electron chi connectivity index (χ2n) is 2.67. The Labute approximate surface area is 93.4 Å². The van der Waals surface area contributed by atoms with E-state index in [1.807, 2.05) is 0 Å². The van der Waals surface area contributed by atoms with Gasteiger partial charge in [-0.3, -0.25) is 4.79 Å². The molecule has 0 aliphatic carbocycles. The Morgan fingerprint density at radius 1 is 1.40 bits per heavy atom. The molecule has 3 nitrogen and oxygen atoms in total. The summed E-state index contributed by atoms with van der Waals surface area (Å²) in [5, 5.41) is 8.28. The smallest absolute Gasteiger partial charge is 0.376 e. The summed E-state index contributed by atoms with van der Waals surface area (Å²) < 4.78 is 13.7. The lowest BCUT2D eigenvalue weighted by atomic mass is 10.2. The lowest BCUT2D eigenvalue weighted by molar-refractivity contribution is -0.146. The van der Waals surface area contributed by atoms with Gasteiger partial charge in [-0.15, -0.1) is 0 Å². The zero-order chi connectivity index (χ0) is 11.4. The van der Waals surface area contributed by atoms with Gasteiger partial charge in [-0.25, -0.2) is 9.18 Å². The number of carbonyl (C=O) groups excluding carboxylic acids is 1. The standard InChI is InChI=1S/C10H6BrFO3/c11-7-2-3-8(12)6(5-7)1-4-9(13)10(14)15/h1-5H,(H,14,15)/b4-1+. The van der Waals surface area contributed by atoms with Crippen molar-refractivity contribution in [3.05, 3.63) is 40.1 Å². The molecule has 0 amide bonds. The molecule has 0 unspecified atom stereocenters. The number of carbonyl (C=O) groups is 2. The van der Waals surface area contributed by atoms with Crippen molar-refractivity contribution in [2.75, 3.05) is 0 Å². The predicted octanol–water partition coefficient (Wildman–Crippen LogP) is 2.26. The molecule has 5 heteroatoms. The van der Waals surface area contributed by atoms with Gasteiger partial charge in [-0.2, -0.15) is 0 Å². The summed E-state index contributed by atoms with van der Waals surface area (Å²) in [6.45, 7) is 0. The fraction of sp³-hybridized carbons (Fsp3) is 0. The van der Waals surface area contributed by atoms with E-state index in [0.29, 0.717) is 4.47 Å². The number of hydrogen-bond donors (Lipinski definition) is 1. The highest BCUT2D eigenvalue weighted by molar-refractivity contribution is 9.10. The molecule has 0 atom stereocenters. The minimum absolute atomic E-state index is 0.152. The molecule has 0 bridgehead atoms. The summed E-state index contributed by atoms with van der Waals surface area (Å²) in [5.74, 6) is -3.18. The Kier molecular flexibility index (Phi) is 3.74. The van der Waals surface area contributed by atoms with Crippen molar-refractivity contribution in [2.45, 2.75) is 0 Å². The molecule has 0 saturated carbocycles. The number of carboxylic acids is 1. The van der Waals surface area contributed by atoms with Crippen molar-refractivity contribution < 1.29 is 19.1 Å². The first kappa shape index (κ1) is 11.6. The van der Waals surface area contributed by atoms with Crippen LogP contribution in [0.1, 0.15) is 5.56 Å². The second-order valence-corrected chi connectivity index (χ2v) is 3.58. The lowest BCUT2D eigenvalue weighted by Gasteiger charge is -1.96. The van der Waals surface area contributed by atoms with Crippen molar-refractivity contribution in [3.8, 4) is 0 Å². The van der Waals surface area contributed by atoms with Gasteiger partial charge in [0.2, 0.25) is 0 Å². The molecular formula is C10H6BrFO3. The van der Waals surface area contributed by atoms with E-state index < -0.39 is 17.6 Å². The van der Waals surface area contributed by atoms with Crippen molar-refractivity contribution in [2.24, 2.45) is 0 Å². The van der Waals surface area contributed by atoms with Crippen molar-refractivity contribution in [1.82, 2.24) is 0 Å². The number of halogens is 2. The van der Waals surface area contributed by atoms with Crippen LogP contribution in [0, 0.1) is 5.82 Å². The fourth-order valence-corrected chi connectivity index (χ4v) is 1.26. The van der Waals surface area contributed by atoms with Gasteiger partial charge in [0.05, 0.1) is 0 Å². The fourth-order valence-electron chi connectivity index (χ4n) is 0.879. The van der Waals surface area contributed by atoms with E-state index in [2.05, 4.69) is 15.9 Å². The quantitative estimate of drug-likeness (QED) is 0.678. The first-order valence-corrected chi connectivity index (χ1v) is 4.70. The maximum atomic E-state index is 13.1. The average Bonchev–Trinajstić information content (AvgIpc) is 2.18. The van der Waals surface area contributed by atoms with Gasteiger partial charge in [-0.1, -0.05) is 15.9 Å². The minimum Gasteiger partial charge on any atom is -0.475 e. The van der Waals surface area contributed by atoms with Crippen LogP contribution in [-0.2, 0) is 9.59 Å². The van der Waals surface area contributed by atoms with E-state index in [-0.39, 0.29) is 5.56 Å². The molecule has 1 rings (SSSR count). The number of rotatable bonds is 3. The maximum Gasteiger partial charge on any atom is 0.376 e. The monoisotopic (exact) mass is 272 g/mol. The van der Waals surface area contributed by atoms with E-state index in [9.17, 15) is 14.0 Å². The van der Waals surface area contributed by atoms with Gasteiger partial charge in [0.15, 0.2) is 0 Å². The summed E-state index contributed by atoms with van der Waals surface area (Å²) in [6, 6.07) is 4.17. The molecule has 0 heterocycles. The summed E-state index contributed by atoms with van der Waals surface area (Å²) >= 11 is 3.13.